The lowest BCUT2D eigenvalue weighted by Gasteiger charge is -2.09. The van der Waals surface area contributed by atoms with E-state index < -0.39 is 0 Å². The molecule has 3 nitrogen and oxygen atoms in total. The van der Waals surface area contributed by atoms with E-state index >= 15 is 0 Å². The van der Waals surface area contributed by atoms with Gasteiger partial charge in [-0.25, -0.2) is 15.0 Å². The molecule has 2 aromatic heterocycles. The number of nitrogens with zero attached hydrogens (tertiary/aromatic N) is 3. The van der Waals surface area contributed by atoms with E-state index in [2.05, 4.69) is 15.0 Å². The molecule has 0 spiro atoms. The molecule has 2 heterocycles. The van der Waals surface area contributed by atoms with Crippen molar-refractivity contribution in [3.63, 3.8) is 0 Å². The fourth-order valence-corrected chi connectivity index (χ4v) is 2.72. The molecular weight excluding hydrogens is 265 g/mol. The van der Waals surface area contributed by atoms with Gasteiger partial charge in [0, 0.05) is 17.1 Å². The van der Waals surface area contributed by atoms with E-state index in [4.69, 9.17) is 23.2 Å². The summed E-state index contributed by atoms with van der Waals surface area (Å²) >= 11 is 13.6. The first kappa shape index (κ1) is 11.8. The third-order valence-electron chi connectivity index (χ3n) is 2.05. The van der Waals surface area contributed by atoms with Gasteiger partial charge in [0.15, 0.2) is 10.8 Å². The topological polar surface area (TPSA) is 38.7 Å². The molecule has 16 heavy (non-hydrogen) atoms. The maximum Gasteiger partial charge on any atom is 0.191 e. The predicted molar refractivity (Wildman–Crippen MR) is 67.2 cm³/mol. The lowest BCUT2D eigenvalue weighted by molar-refractivity contribution is 0.848. The second-order valence-electron chi connectivity index (χ2n) is 3.53. The Kier molecular flexibility index (Phi) is 3.42. The van der Waals surface area contributed by atoms with Gasteiger partial charge in [0.1, 0.15) is 10.3 Å². The Balaban J connectivity index is 2.53. The molecule has 0 radical (unpaired) electrons. The molecule has 0 bridgehead atoms. The molecule has 0 amide bonds. The highest BCUT2D eigenvalue weighted by atomic mass is 35.5. The number of halogens is 2. The third kappa shape index (κ3) is 2.19. The highest BCUT2D eigenvalue weighted by Crippen LogP contribution is 2.31. The second-order valence-corrected chi connectivity index (χ2v) is 5.15. The van der Waals surface area contributed by atoms with E-state index in [1.165, 1.54) is 11.3 Å². The van der Waals surface area contributed by atoms with Crippen molar-refractivity contribution in [1.29, 1.82) is 0 Å². The van der Waals surface area contributed by atoms with Gasteiger partial charge in [-0.3, -0.25) is 0 Å². The minimum atomic E-state index is 0.199. The molecule has 6 heteroatoms. The van der Waals surface area contributed by atoms with Crippen LogP contribution in [0.3, 0.4) is 0 Å². The molecule has 0 saturated heterocycles. The van der Waals surface area contributed by atoms with E-state index in [1.807, 2.05) is 19.2 Å². The van der Waals surface area contributed by atoms with Crippen LogP contribution in [-0.4, -0.2) is 15.0 Å². The average molecular weight is 274 g/mol. The molecule has 0 atom stereocenters. The Bertz CT molecular complexity index is 474. The number of hydrogen-bond acceptors (Lipinski definition) is 4. The van der Waals surface area contributed by atoms with Crippen LogP contribution in [0.2, 0.25) is 10.3 Å². The van der Waals surface area contributed by atoms with Gasteiger partial charge in [-0.2, -0.15) is 0 Å². The summed E-state index contributed by atoms with van der Waals surface area (Å²) in [5.74, 6) is 0.680. The number of rotatable bonds is 2. The van der Waals surface area contributed by atoms with Gasteiger partial charge >= 0.3 is 0 Å². The summed E-state index contributed by atoms with van der Waals surface area (Å²) in [5.41, 5.74) is 0.781. The van der Waals surface area contributed by atoms with Crippen molar-refractivity contribution in [2.75, 3.05) is 0 Å². The van der Waals surface area contributed by atoms with Crippen molar-refractivity contribution < 1.29 is 0 Å². The fraction of sp³-hybridized carbons (Fsp3) is 0.300. The highest BCUT2D eigenvalue weighted by molar-refractivity contribution is 7.13. The van der Waals surface area contributed by atoms with Gasteiger partial charge < -0.3 is 0 Å². The zero-order valence-electron chi connectivity index (χ0n) is 8.74. The Hall–Kier alpha value is -0.710. The maximum absolute atomic E-state index is 6.09. The zero-order chi connectivity index (χ0) is 11.7. The van der Waals surface area contributed by atoms with Crippen molar-refractivity contribution >= 4 is 34.5 Å². The normalized spacial score (nSPS) is 11.1. The van der Waals surface area contributed by atoms with Gasteiger partial charge in [0.2, 0.25) is 0 Å². The summed E-state index contributed by atoms with van der Waals surface area (Å²) in [4.78, 5) is 12.6. The molecular formula is C10H9Cl2N3S. The minimum absolute atomic E-state index is 0.199. The first-order valence-electron chi connectivity index (χ1n) is 4.72. The van der Waals surface area contributed by atoms with Crippen LogP contribution < -0.4 is 0 Å². The molecule has 0 aromatic carbocycles. The molecule has 0 saturated carbocycles. The second kappa shape index (κ2) is 4.65. The van der Waals surface area contributed by atoms with Crippen molar-refractivity contribution in [3.05, 3.63) is 27.4 Å². The Morgan fingerprint density at radius 1 is 1.19 bits per heavy atom. The van der Waals surface area contributed by atoms with Crippen molar-refractivity contribution in [2.24, 2.45) is 0 Å². The van der Waals surface area contributed by atoms with Gasteiger partial charge in [-0.15, -0.1) is 11.3 Å². The SMILES string of the molecule is CC(C)c1c(Cl)nc(-c2nccs2)nc1Cl. The van der Waals surface area contributed by atoms with Crippen LogP contribution >= 0.6 is 34.5 Å². The molecule has 2 aromatic rings. The van der Waals surface area contributed by atoms with Crippen LogP contribution in [0.1, 0.15) is 25.3 Å². The Morgan fingerprint density at radius 2 is 1.81 bits per heavy atom. The standard InChI is InChI=1S/C10H9Cl2N3S/c1-5(2)6-7(11)14-9(15-8(6)12)10-13-3-4-16-10/h3-5H,1-2H3. The smallest absolute Gasteiger partial charge is 0.191 e. The summed E-state index contributed by atoms with van der Waals surface area (Å²) < 4.78 is 0. The van der Waals surface area contributed by atoms with Crippen LogP contribution in [-0.2, 0) is 0 Å². The van der Waals surface area contributed by atoms with Crippen molar-refractivity contribution in [1.82, 2.24) is 15.0 Å². The lowest BCUT2D eigenvalue weighted by atomic mass is 10.1. The third-order valence-corrected chi connectivity index (χ3v) is 3.40. The molecule has 0 aliphatic heterocycles. The Labute approximate surface area is 107 Å². The van der Waals surface area contributed by atoms with E-state index in [0.717, 1.165) is 10.6 Å². The lowest BCUT2D eigenvalue weighted by Crippen LogP contribution is -1.99. The number of thiazole rings is 1. The molecule has 0 aliphatic rings. The molecule has 0 aliphatic carbocycles. The summed E-state index contributed by atoms with van der Waals surface area (Å²) in [6, 6.07) is 0. The summed E-state index contributed by atoms with van der Waals surface area (Å²) in [7, 11) is 0. The van der Waals surface area contributed by atoms with E-state index in [-0.39, 0.29) is 5.92 Å². The molecule has 2 rings (SSSR count). The summed E-state index contributed by atoms with van der Waals surface area (Å²) in [6.45, 7) is 4.00. The first-order valence-corrected chi connectivity index (χ1v) is 6.36. The Morgan fingerprint density at radius 3 is 2.25 bits per heavy atom. The minimum Gasteiger partial charge on any atom is -0.241 e. The largest absolute Gasteiger partial charge is 0.241 e. The zero-order valence-corrected chi connectivity index (χ0v) is 11.1. The average Bonchev–Trinajstić information content (AvgIpc) is 2.67. The highest BCUT2D eigenvalue weighted by Gasteiger charge is 2.16. The van der Waals surface area contributed by atoms with Crippen LogP contribution in [0.15, 0.2) is 11.6 Å². The molecule has 0 unspecified atom stereocenters. The molecule has 84 valence electrons. The van der Waals surface area contributed by atoms with Crippen LogP contribution in [0, 0.1) is 0 Å². The van der Waals surface area contributed by atoms with Crippen LogP contribution in [0.5, 0.6) is 0 Å². The first-order chi connectivity index (χ1) is 7.59. The molecule has 0 N–H and O–H groups in total. The quantitative estimate of drug-likeness (QED) is 0.776. The van der Waals surface area contributed by atoms with Crippen molar-refractivity contribution in [3.8, 4) is 10.8 Å². The van der Waals surface area contributed by atoms with Gasteiger partial charge in [-0.05, 0) is 5.92 Å². The van der Waals surface area contributed by atoms with E-state index in [9.17, 15) is 0 Å². The van der Waals surface area contributed by atoms with Crippen LogP contribution in [0.4, 0.5) is 0 Å². The van der Waals surface area contributed by atoms with E-state index in [0.29, 0.717) is 16.1 Å². The van der Waals surface area contributed by atoms with Crippen molar-refractivity contribution in [2.45, 2.75) is 19.8 Å². The van der Waals surface area contributed by atoms with Gasteiger partial charge in [0.05, 0.1) is 0 Å². The van der Waals surface area contributed by atoms with E-state index in [1.54, 1.807) is 6.20 Å². The predicted octanol–water partition coefficient (Wildman–Crippen LogP) is 4.03. The maximum atomic E-state index is 6.09. The van der Waals surface area contributed by atoms with Gasteiger partial charge in [-0.1, -0.05) is 37.0 Å². The monoisotopic (exact) mass is 273 g/mol. The van der Waals surface area contributed by atoms with Crippen LogP contribution in [0.25, 0.3) is 10.8 Å². The summed E-state index contributed by atoms with van der Waals surface area (Å²) in [5, 5.41) is 3.39. The number of hydrogen-bond donors (Lipinski definition) is 0. The van der Waals surface area contributed by atoms with Gasteiger partial charge in [0.25, 0.3) is 0 Å². The fourth-order valence-electron chi connectivity index (χ4n) is 1.32. The number of aromatic nitrogens is 3. The molecule has 0 fully saturated rings. The summed E-state index contributed by atoms with van der Waals surface area (Å²) in [6.07, 6.45) is 1.70.